The first-order chi connectivity index (χ1) is 12.5. The van der Waals surface area contributed by atoms with E-state index in [9.17, 15) is 8.42 Å². The standard InChI is InChI=1S/C19H21NO4S2/c1-23-16-8-9-18(24-2)17(14-16)19-20(11-12-25-19)26(21,22)13-10-15-6-4-3-5-7-15/h3-10,13-14,19H,11-12H2,1-2H3/b13-10+. The fraction of sp³-hybridized carbons (Fsp3) is 0.263. The Labute approximate surface area is 158 Å². The number of nitrogens with zero attached hydrogens (tertiary/aromatic N) is 1. The van der Waals surface area contributed by atoms with Crippen molar-refractivity contribution in [3.8, 4) is 11.5 Å². The van der Waals surface area contributed by atoms with Crippen molar-refractivity contribution in [3.05, 3.63) is 65.1 Å². The molecule has 0 radical (unpaired) electrons. The highest BCUT2D eigenvalue weighted by Crippen LogP contribution is 2.44. The second-order valence-electron chi connectivity index (χ2n) is 5.70. The van der Waals surface area contributed by atoms with E-state index >= 15 is 0 Å². The molecule has 2 aromatic carbocycles. The van der Waals surface area contributed by atoms with Gasteiger partial charge in [-0.05, 0) is 29.8 Å². The van der Waals surface area contributed by atoms with Crippen molar-refractivity contribution in [2.24, 2.45) is 0 Å². The van der Waals surface area contributed by atoms with E-state index in [0.717, 1.165) is 16.9 Å². The molecule has 5 nitrogen and oxygen atoms in total. The van der Waals surface area contributed by atoms with Gasteiger partial charge in [-0.1, -0.05) is 30.3 Å². The van der Waals surface area contributed by atoms with Crippen LogP contribution in [0.15, 0.2) is 53.9 Å². The van der Waals surface area contributed by atoms with Crippen LogP contribution >= 0.6 is 11.8 Å². The summed E-state index contributed by atoms with van der Waals surface area (Å²) in [5.74, 6) is 2.05. The minimum absolute atomic E-state index is 0.342. The predicted octanol–water partition coefficient (Wildman–Crippen LogP) is 3.75. The molecule has 1 unspecified atom stereocenters. The van der Waals surface area contributed by atoms with Crippen molar-refractivity contribution in [2.75, 3.05) is 26.5 Å². The number of benzene rings is 2. The SMILES string of the molecule is COc1ccc(OC)c(C2SCCN2S(=O)(=O)/C=C/c2ccccc2)c1. The van der Waals surface area contributed by atoms with Crippen LogP contribution in [0.25, 0.3) is 6.08 Å². The second kappa shape index (κ2) is 8.16. The lowest BCUT2D eigenvalue weighted by Gasteiger charge is -2.23. The summed E-state index contributed by atoms with van der Waals surface area (Å²) < 4.78 is 38.0. The molecule has 0 aromatic heterocycles. The predicted molar refractivity (Wildman–Crippen MR) is 106 cm³/mol. The third-order valence-corrected chi connectivity index (χ3v) is 7.01. The molecule has 26 heavy (non-hydrogen) atoms. The van der Waals surface area contributed by atoms with Crippen molar-refractivity contribution in [3.63, 3.8) is 0 Å². The Kier molecular flexibility index (Phi) is 5.90. The zero-order chi connectivity index (χ0) is 18.6. The molecule has 1 aliphatic rings. The largest absolute Gasteiger partial charge is 0.497 e. The van der Waals surface area contributed by atoms with Gasteiger partial charge in [-0.2, -0.15) is 4.31 Å². The highest BCUT2D eigenvalue weighted by atomic mass is 32.2. The zero-order valence-electron chi connectivity index (χ0n) is 14.7. The Hall–Kier alpha value is -1.96. The molecule has 0 spiro atoms. The number of methoxy groups -OCH3 is 2. The first-order valence-corrected chi connectivity index (χ1v) is 10.7. The maximum Gasteiger partial charge on any atom is 0.237 e. The normalized spacial score (nSPS) is 18.3. The number of sulfonamides is 1. The number of ether oxygens (including phenoxy) is 2. The summed E-state index contributed by atoms with van der Waals surface area (Å²) in [5.41, 5.74) is 1.64. The summed E-state index contributed by atoms with van der Waals surface area (Å²) >= 11 is 1.58. The zero-order valence-corrected chi connectivity index (χ0v) is 16.3. The van der Waals surface area contributed by atoms with Crippen LogP contribution < -0.4 is 9.47 Å². The molecular formula is C19H21NO4S2. The third kappa shape index (κ3) is 4.06. The fourth-order valence-electron chi connectivity index (χ4n) is 2.80. The van der Waals surface area contributed by atoms with Crippen LogP contribution in [0.2, 0.25) is 0 Å². The van der Waals surface area contributed by atoms with Gasteiger partial charge in [0.25, 0.3) is 0 Å². The Balaban J connectivity index is 1.92. The van der Waals surface area contributed by atoms with Gasteiger partial charge in [0, 0.05) is 23.3 Å². The molecular weight excluding hydrogens is 370 g/mol. The molecule has 0 amide bonds. The van der Waals surface area contributed by atoms with Crippen LogP contribution in [-0.2, 0) is 10.0 Å². The minimum Gasteiger partial charge on any atom is -0.497 e. The summed E-state index contributed by atoms with van der Waals surface area (Å²) in [6.45, 7) is 0.456. The molecule has 1 saturated heterocycles. The molecule has 138 valence electrons. The van der Waals surface area contributed by atoms with E-state index in [-0.39, 0.29) is 5.37 Å². The maximum atomic E-state index is 12.9. The quantitative estimate of drug-likeness (QED) is 0.751. The number of hydrogen-bond acceptors (Lipinski definition) is 5. The van der Waals surface area contributed by atoms with Crippen LogP contribution in [0.4, 0.5) is 0 Å². The monoisotopic (exact) mass is 391 g/mol. The third-order valence-electron chi connectivity index (χ3n) is 4.11. The first-order valence-electron chi connectivity index (χ1n) is 8.13. The lowest BCUT2D eigenvalue weighted by atomic mass is 10.2. The van der Waals surface area contributed by atoms with Crippen molar-refractivity contribution >= 4 is 27.9 Å². The number of hydrogen-bond donors (Lipinski definition) is 0. The highest BCUT2D eigenvalue weighted by molar-refractivity contribution is 8.01. The Bertz CT molecular complexity index is 882. The molecule has 1 aliphatic heterocycles. The van der Waals surface area contributed by atoms with Crippen molar-refractivity contribution in [1.29, 1.82) is 0 Å². The van der Waals surface area contributed by atoms with E-state index in [1.165, 1.54) is 9.71 Å². The van der Waals surface area contributed by atoms with Crippen LogP contribution in [0.1, 0.15) is 16.5 Å². The Morgan fingerprint density at radius 1 is 1.12 bits per heavy atom. The van der Waals surface area contributed by atoms with Crippen molar-refractivity contribution < 1.29 is 17.9 Å². The van der Waals surface area contributed by atoms with Gasteiger partial charge in [0.1, 0.15) is 11.5 Å². The van der Waals surface area contributed by atoms with Gasteiger partial charge in [0.2, 0.25) is 10.0 Å². The molecule has 3 rings (SSSR count). The molecule has 7 heteroatoms. The smallest absolute Gasteiger partial charge is 0.237 e. The van der Waals surface area contributed by atoms with Gasteiger partial charge in [-0.25, -0.2) is 8.42 Å². The van der Waals surface area contributed by atoms with Gasteiger partial charge >= 0.3 is 0 Å². The average Bonchev–Trinajstić information content (AvgIpc) is 3.17. The number of thioether (sulfide) groups is 1. The van der Waals surface area contributed by atoms with Gasteiger partial charge in [0.15, 0.2) is 0 Å². The van der Waals surface area contributed by atoms with Gasteiger partial charge in [-0.3, -0.25) is 0 Å². The second-order valence-corrected chi connectivity index (χ2v) is 8.66. The highest BCUT2D eigenvalue weighted by Gasteiger charge is 2.36. The Morgan fingerprint density at radius 3 is 2.58 bits per heavy atom. The molecule has 0 bridgehead atoms. The molecule has 0 saturated carbocycles. The Morgan fingerprint density at radius 2 is 1.88 bits per heavy atom. The molecule has 1 heterocycles. The van der Waals surface area contributed by atoms with E-state index < -0.39 is 10.0 Å². The topological polar surface area (TPSA) is 55.8 Å². The maximum absolute atomic E-state index is 12.9. The van der Waals surface area contributed by atoms with Crippen LogP contribution in [-0.4, -0.2) is 39.2 Å². The van der Waals surface area contributed by atoms with Crippen molar-refractivity contribution in [1.82, 2.24) is 4.31 Å². The van der Waals surface area contributed by atoms with Crippen LogP contribution in [0.5, 0.6) is 11.5 Å². The van der Waals surface area contributed by atoms with E-state index in [1.807, 2.05) is 36.4 Å². The minimum atomic E-state index is -3.56. The summed E-state index contributed by atoms with van der Waals surface area (Å²) in [6.07, 6.45) is 1.62. The summed E-state index contributed by atoms with van der Waals surface area (Å²) in [4.78, 5) is 0. The summed E-state index contributed by atoms with van der Waals surface area (Å²) in [6, 6.07) is 14.8. The van der Waals surface area contributed by atoms with Gasteiger partial charge < -0.3 is 9.47 Å². The van der Waals surface area contributed by atoms with Gasteiger partial charge in [0.05, 0.1) is 19.6 Å². The van der Waals surface area contributed by atoms with E-state index in [2.05, 4.69) is 0 Å². The van der Waals surface area contributed by atoms with Gasteiger partial charge in [-0.15, -0.1) is 11.8 Å². The van der Waals surface area contributed by atoms with Crippen LogP contribution in [0, 0.1) is 0 Å². The lowest BCUT2D eigenvalue weighted by Crippen LogP contribution is -2.29. The molecule has 0 N–H and O–H groups in total. The number of rotatable bonds is 6. The molecule has 1 fully saturated rings. The van der Waals surface area contributed by atoms with Crippen LogP contribution in [0.3, 0.4) is 0 Å². The fourth-order valence-corrected chi connectivity index (χ4v) is 5.83. The molecule has 0 aliphatic carbocycles. The lowest BCUT2D eigenvalue weighted by molar-refractivity contribution is 0.384. The van der Waals surface area contributed by atoms with E-state index in [0.29, 0.717) is 18.0 Å². The first kappa shape index (κ1) is 18.8. The van der Waals surface area contributed by atoms with E-state index in [4.69, 9.17) is 9.47 Å². The van der Waals surface area contributed by atoms with E-state index in [1.54, 1.807) is 44.2 Å². The summed E-state index contributed by atoms with van der Waals surface area (Å²) in [5, 5.41) is 0.930. The molecule has 2 aromatic rings. The molecule has 1 atom stereocenters. The average molecular weight is 392 g/mol. The summed E-state index contributed by atoms with van der Waals surface area (Å²) in [7, 11) is -0.394. The van der Waals surface area contributed by atoms with Crippen molar-refractivity contribution in [2.45, 2.75) is 5.37 Å².